The average Bonchev–Trinajstić information content (AvgIpc) is 3.35. The van der Waals surface area contributed by atoms with Gasteiger partial charge in [-0.25, -0.2) is 4.68 Å². The van der Waals surface area contributed by atoms with E-state index in [-0.39, 0.29) is 5.91 Å². The number of likely N-dealkylation sites (tertiary alicyclic amines) is 1. The topological polar surface area (TPSA) is 66.3 Å². The van der Waals surface area contributed by atoms with Gasteiger partial charge in [0.15, 0.2) is 5.69 Å². The van der Waals surface area contributed by atoms with Crippen LogP contribution in [0.4, 0.5) is 0 Å². The first kappa shape index (κ1) is 20.0. The Morgan fingerprint density at radius 1 is 1.21 bits per heavy atom. The molecule has 1 aromatic heterocycles. The van der Waals surface area contributed by atoms with Crippen LogP contribution in [0.5, 0.6) is 0 Å². The molecular formula is C22H32N6O. The molecule has 2 saturated heterocycles. The standard InChI is InChI=1S/C22H32N6O/c1-17-21(24-25-28(17)20-8-11-23-12-9-20)22(29)26(2)14-19-10-13-27(16-19)15-18-6-4-3-5-7-18/h3-7,19-20,23H,8-16H2,1-2H3/t19-/m0/s1. The van der Waals surface area contributed by atoms with Crippen molar-refractivity contribution in [2.24, 2.45) is 5.92 Å². The summed E-state index contributed by atoms with van der Waals surface area (Å²) in [7, 11) is 1.89. The monoisotopic (exact) mass is 396 g/mol. The molecule has 7 nitrogen and oxygen atoms in total. The summed E-state index contributed by atoms with van der Waals surface area (Å²) in [6.07, 6.45) is 3.20. The predicted octanol–water partition coefficient (Wildman–Crippen LogP) is 2.11. The summed E-state index contributed by atoms with van der Waals surface area (Å²) >= 11 is 0. The van der Waals surface area contributed by atoms with Gasteiger partial charge in [0.05, 0.1) is 11.7 Å². The van der Waals surface area contributed by atoms with Crippen LogP contribution in [0.3, 0.4) is 0 Å². The highest BCUT2D eigenvalue weighted by atomic mass is 16.2. The zero-order valence-electron chi connectivity index (χ0n) is 17.5. The van der Waals surface area contributed by atoms with Gasteiger partial charge < -0.3 is 10.2 Å². The summed E-state index contributed by atoms with van der Waals surface area (Å²) in [5.74, 6) is 0.497. The van der Waals surface area contributed by atoms with Crippen LogP contribution < -0.4 is 5.32 Å². The Morgan fingerprint density at radius 2 is 1.97 bits per heavy atom. The molecule has 0 spiro atoms. The van der Waals surface area contributed by atoms with E-state index in [0.717, 1.165) is 64.2 Å². The van der Waals surface area contributed by atoms with Crippen molar-refractivity contribution in [3.05, 3.63) is 47.3 Å². The quantitative estimate of drug-likeness (QED) is 0.810. The van der Waals surface area contributed by atoms with Crippen LogP contribution in [0.2, 0.25) is 0 Å². The molecule has 0 unspecified atom stereocenters. The Balaban J connectivity index is 1.32. The molecule has 4 rings (SSSR count). The molecule has 1 aromatic carbocycles. The number of carbonyl (C=O) groups excluding carboxylic acids is 1. The number of nitrogens with one attached hydrogen (secondary N) is 1. The van der Waals surface area contributed by atoms with Gasteiger partial charge in [-0.3, -0.25) is 9.69 Å². The van der Waals surface area contributed by atoms with Crippen molar-refractivity contribution >= 4 is 5.91 Å². The first-order chi connectivity index (χ1) is 14.1. The van der Waals surface area contributed by atoms with E-state index in [4.69, 9.17) is 0 Å². The Labute approximate surface area is 173 Å². The highest BCUT2D eigenvalue weighted by molar-refractivity contribution is 5.93. The fourth-order valence-corrected chi connectivity index (χ4v) is 4.63. The van der Waals surface area contributed by atoms with E-state index in [9.17, 15) is 4.79 Å². The largest absolute Gasteiger partial charge is 0.340 e. The number of nitrogens with zero attached hydrogens (tertiary/aromatic N) is 5. The van der Waals surface area contributed by atoms with E-state index in [1.807, 2.05) is 23.6 Å². The lowest BCUT2D eigenvalue weighted by atomic mass is 10.1. The highest BCUT2D eigenvalue weighted by Crippen LogP contribution is 2.22. The number of carbonyl (C=O) groups is 1. The van der Waals surface area contributed by atoms with Crippen LogP contribution in [-0.4, -0.2) is 70.5 Å². The van der Waals surface area contributed by atoms with Gasteiger partial charge >= 0.3 is 0 Å². The molecule has 1 amide bonds. The minimum absolute atomic E-state index is 0.0100. The molecule has 0 radical (unpaired) electrons. The van der Waals surface area contributed by atoms with Crippen molar-refractivity contribution in [1.29, 1.82) is 0 Å². The zero-order chi connectivity index (χ0) is 20.2. The smallest absolute Gasteiger partial charge is 0.276 e. The van der Waals surface area contributed by atoms with Gasteiger partial charge in [0, 0.05) is 26.7 Å². The van der Waals surface area contributed by atoms with Crippen LogP contribution in [-0.2, 0) is 6.54 Å². The van der Waals surface area contributed by atoms with Crippen LogP contribution in [0.1, 0.15) is 47.1 Å². The molecule has 29 heavy (non-hydrogen) atoms. The van der Waals surface area contributed by atoms with Gasteiger partial charge in [-0.15, -0.1) is 5.10 Å². The maximum Gasteiger partial charge on any atom is 0.276 e. The van der Waals surface area contributed by atoms with E-state index in [0.29, 0.717) is 17.7 Å². The zero-order valence-corrected chi connectivity index (χ0v) is 17.5. The normalized spacial score (nSPS) is 20.8. The van der Waals surface area contributed by atoms with Crippen LogP contribution in [0.15, 0.2) is 30.3 Å². The third-order valence-electron chi connectivity index (χ3n) is 6.28. The highest BCUT2D eigenvalue weighted by Gasteiger charge is 2.28. The molecule has 7 heteroatoms. The van der Waals surface area contributed by atoms with Gasteiger partial charge in [-0.1, -0.05) is 35.5 Å². The van der Waals surface area contributed by atoms with Crippen molar-refractivity contribution in [1.82, 2.24) is 30.1 Å². The third kappa shape index (κ3) is 4.67. The Bertz CT molecular complexity index is 814. The van der Waals surface area contributed by atoms with E-state index in [2.05, 4.69) is 50.9 Å². The molecule has 2 aromatic rings. The molecule has 0 saturated carbocycles. The summed E-state index contributed by atoms with van der Waals surface area (Å²) in [6, 6.07) is 10.9. The van der Waals surface area contributed by atoms with Crippen LogP contribution in [0.25, 0.3) is 0 Å². The lowest BCUT2D eigenvalue weighted by molar-refractivity contribution is 0.0766. The molecule has 1 atom stereocenters. The van der Waals surface area contributed by atoms with E-state index < -0.39 is 0 Å². The Morgan fingerprint density at radius 3 is 2.72 bits per heavy atom. The molecule has 0 aliphatic carbocycles. The maximum atomic E-state index is 13.0. The minimum Gasteiger partial charge on any atom is -0.340 e. The summed E-state index contributed by atoms with van der Waals surface area (Å²) in [5.41, 5.74) is 2.75. The second-order valence-corrected chi connectivity index (χ2v) is 8.51. The first-order valence-electron chi connectivity index (χ1n) is 10.8. The number of hydrogen-bond acceptors (Lipinski definition) is 5. The lowest BCUT2D eigenvalue weighted by Gasteiger charge is -2.24. The first-order valence-corrected chi connectivity index (χ1v) is 10.8. The maximum absolute atomic E-state index is 13.0. The van der Waals surface area contributed by atoms with Gasteiger partial charge in [-0.05, 0) is 57.3 Å². The summed E-state index contributed by atoms with van der Waals surface area (Å²) in [6.45, 7) is 7.84. The fourth-order valence-electron chi connectivity index (χ4n) is 4.63. The molecule has 1 N–H and O–H groups in total. The number of hydrogen-bond donors (Lipinski definition) is 1. The Kier molecular flexibility index (Phi) is 6.25. The number of piperidine rings is 1. The number of aromatic nitrogens is 3. The van der Waals surface area contributed by atoms with Crippen molar-refractivity contribution in [2.45, 2.75) is 38.8 Å². The number of benzene rings is 1. The molecule has 156 valence electrons. The molecule has 2 aliphatic rings. The van der Waals surface area contributed by atoms with Gasteiger partial charge in [0.1, 0.15) is 0 Å². The van der Waals surface area contributed by atoms with Crippen LogP contribution >= 0.6 is 0 Å². The SMILES string of the molecule is Cc1c(C(=O)N(C)C[C@@H]2CCN(Cc3ccccc3)C2)nnn1C1CCNCC1. The van der Waals surface area contributed by atoms with Gasteiger partial charge in [0.2, 0.25) is 0 Å². The van der Waals surface area contributed by atoms with Gasteiger partial charge in [0.25, 0.3) is 5.91 Å². The molecule has 0 bridgehead atoms. The van der Waals surface area contributed by atoms with Crippen molar-refractivity contribution < 1.29 is 4.79 Å². The van der Waals surface area contributed by atoms with E-state index >= 15 is 0 Å². The molecular weight excluding hydrogens is 364 g/mol. The number of amides is 1. The van der Waals surface area contributed by atoms with Crippen molar-refractivity contribution in [2.75, 3.05) is 39.8 Å². The van der Waals surface area contributed by atoms with Gasteiger partial charge in [-0.2, -0.15) is 0 Å². The van der Waals surface area contributed by atoms with Crippen LogP contribution in [0, 0.1) is 12.8 Å². The summed E-state index contributed by atoms with van der Waals surface area (Å²) in [4.78, 5) is 17.3. The summed E-state index contributed by atoms with van der Waals surface area (Å²) < 4.78 is 1.96. The average molecular weight is 397 g/mol. The van der Waals surface area contributed by atoms with E-state index in [1.54, 1.807) is 0 Å². The second-order valence-electron chi connectivity index (χ2n) is 8.51. The van der Waals surface area contributed by atoms with E-state index in [1.165, 1.54) is 5.56 Å². The lowest BCUT2D eigenvalue weighted by Crippen LogP contribution is -2.34. The van der Waals surface area contributed by atoms with Crippen molar-refractivity contribution in [3.63, 3.8) is 0 Å². The predicted molar refractivity (Wildman–Crippen MR) is 113 cm³/mol. The molecule has 2 fully saturated rings. The fraction of sp³-hybridized carbons (Fsp3) is 0.591. The Hall–Kier alpha value is -2.25. The second kappa shape index (κ2) is 9.05. The molecule has 2 aliphatic heterocycles. The molecule has 3 heterocycles. The van der Waals surface area contributed by atoms with Crippen molar-refractivity contribution in [3.8, 4) is 0 Å². The third-order valence-corrected chi connectivity index (χ3v) is 6.28. The number of rotatable bonds is 6. The minimum atomic E-state index is -0.0100. The summed E-state index contributed by atoms with van der Waals surface area (Å²) in [5, 5.41) is 11.9.